The molecule has 0 saturated carbocycles. The molecule has 0 aliphatic rings. The zero-order chi connectivity index (χ0) is 12.8. The van der Waals surface area contributed by atoms with E-state index in [9.17, 15) is 4.79 Å². The molecule has 92 valence electrons. The van der Waals surface area contributed by atoms with Crippen molar-refractivity contribution in [3.63, 3.8) is 0 Å². The second-order valence-corrected chi connectivity index (χ2v) is 3.70. The highest BCUT2D eigenvalue weighted by atomic mass is 35.5. The normalized spacial score (nSPS) is 11.4. The Kier molecular flexibility index (Phi) is 5.11. The Bertz CT molecular complexity index is 451. The number of halogens is 2. The van der Waals surface area contributed by atoms with Gasteiger partial charge in [-0.25, -0.2) is 4.79 Å². The van der Waals surface area contributed by atoms with Gasteiger partial charge in [-0.05, 0) is 13.0 Å². The van der Waals surface area contributed by atoms with E-state index in [0.717, 1.165) is 0 Å². The van der Waals surface area contributed by atoms with Gasteiger partial charge in [-0.1, -0.05) is 23.2 Å². The molecule has 0 aromatic carbocycles. The van der Waals surface area contributed by atoms with Gasteiger partial charge in [0.25, 0.3) is 0 Å². The first kappa shape index (κ1) is 13.7. The zero-order valence-corrected chi connectivity index (χ0v) is 10.5. The van der Waals surface area contributed by atoms with Crippen LogP contribution in [0.1, 0.15) is 12.5 Å². The van der Waals surface area contributed by atoms with Crippen LogP contribution >= 0.6 is 23.2 Å². The number of hydrogen-bond donors (Lipinski definition) is 1. The average Bonchev–Trinajstić information content (AvgIpc) is 2.30. The molecule has 1 heterocycles. The smallest absolute Gasteiger partial charge is 0.354 e. The minimum Gasteiger partial charge on any atom is -0.461 e. The van der Waals surface area contributed by atoms with E-state index in [-0.39, 0.29) is 29.0 Å². The van der Waals surface area contributed by atoms with Crippen molar-refractivity contribution in [1.29, 1.82) is 0 Å². The summed E-state index contributed by atoms with van der Waals surface area (Å²) in [7, 11) is 0. The second kappa shape index (κ2) is 6.36. The summed E-state index contributed by atoms with van der Waals surface area (Å²) in [6, 6.07) is 1.49. The molecule has 6 nitrogen and oxygen atoms in total. The van der Waals surface area contributed by atoms with Crippen molar-refractivity contribution in [1.82, 2.24) is 10.2 Å². The van der Waals surface area contributed by atoms with Crippen LogP contribution in [0.4, 0.5) is 0 Å². The maximum Gasteiger partial charge on any atom is 0.354 e. The first-order valence-electron chi connectivity index (χ1n) is 4.70. The lowest BCUT2D eigenvalue weighted by molar-refractivity contribution is -0.135. The fraction of sp³-hybridized carbons (Fsp3) is 0.333. The van der Waals surface area contributed by atoms with Crippen molar-refractivity contribution in [2.75, 3.05) is 6.61 Å². The molecule has 17 heavy (non-hydrogen) atoms. The predicted molar refractivity (Wildman–Crippen MR) is 64.0 cm³/mol. The number of ether oxygens (including phenoxy) is 1. The topological polar surface area (TPSA) is 90.5 Å². The quantitative estimate of drug-likeness (QED) is 0.386. The third-order valence-corrected chi connectivity index (χ3v) is 2.32. The third-order valence-electron chi connectivity index (χ3n) is 1.82. The summed E-state index contributed by atoms with van der Waals surface area (Å²) < 4.78 is 4.78. The molecule has 0 atom stereocenters. The molecule has 0 unspecified atom stereocenters. The summed E-state index contributed by atoms with van der Waals surface area (Å²) >= 11 is 11.5. The molecule has 0 amide bonds. The summed E-state index contributed by atoms with van der Waals surface area (Å²) in [5, 5.41) is 10.8. The van der Waals surface area contributed by atoms with Crippen LogP contribution in [-0.4, -0.2) is 28.5 Å². The number of aromatic nitrogens is 2. The lowest BCUT2D eigenvalue weighted by Gasteiger charge is -2.05. The Hall–Kier alpha value is -1.40. The van der Waals surface area contributed by atoms with Crippen molar-refractivity contribution in [2.45, 2.75) is 13.3 Å². The van der Waals surface area contributed by atoms with E-state index in [1.807, 2.05) is 0 Å². The van der Waals surface area contributed by atoms with Gasteiger partial charge in [-0.2, -0.15) is 5.10 Å². The van der Waals surface area contributed by atoms with Crippen LogP contribution in [0.5, 0.6) is 0 Å². The van der Waals surface area contributed by atoms with Gasteiger partial charge in [0.05, 0.1) is 6.61 Å². The number of hydrazone groups is 1. The highest BCUT2D eigenvalue weighted by Crippen LogP contribution is 2.16. The zero-order valence-electron chi connectivity index (χ0n) is 8.98. The molecule has 0 fully saturated rings. The number of carbonyl (C=O) groups is 1. The molecule has 2 N–H and O–H groups in total. The molecule has 1 aromatic heterocycles. The van der Waals surface area contributed by atoms with E-state index >= 15 is 0 Å². The van der Waals surface area contributed by atoms with E-state index in [0.29, 0.717) is 5.56 Å². The molecule has 0 saturated heterocycles. The number of hydrogen-bond acceptors (Lipinski definition) is 6. The molecule has 0 radical (unpaired) electrons. The van der Waals surface area contributed by atoms with E-state index in [4.69, 9.17) is 33.8 Å². The monoisotopic (exact) mass is 276 g/mol. The molecule has 8 heteroatoms. The van der Waals surface area contributed by atoms with Crippen molar-refractivity contribution >= 4 is 34.9 Å². The minimum atomic E-state index is -0.598. The van der Waals surface area contributed by atoms with Gasteiger partial charge in [0.15, 0.2) is 10.3 Å². The summed E-state index contributed by atoms with van der Waals surface area (Å²) in [5.41, 5.74) is 0.543. The van der Waals surface area contributed by atoms with Gasteiger partial charge >= 0.3 is 5.97 Å². The Labute approximate surface area is 108 Å². The molecule has 0 aliphatic carbocycles. The number of rotatable bonds is 4. The van der Waals surface area contributed by atoms with Crippen LogP contribution in [0.2, 0.25) is 10.3 Å². The van der Waals surface area contributed by atoms with Crippen LogP contribution in [0.25, 0.3) is 0 Å². The van der Waals surface area contributed by atoms with Gasteiger partial charge < -0.3 is 10.6 Å². The summed E-state index contributed by atoms with van der Waals surface area (Å²) in [6.45, 7) is 1.92. The molecule has 0 aliphatic heterocycles. The van der Waals surface area contributed by atoms with Crippen molar-refractivity contribution in [3.8, 4) is 0 Å². The lowest BCUT2D eigenvalue weighted by atomic mass is 10.1. The molecule has 1 rings (SSSR count). The van der Waals surface area contributed by atoms with E-state index in [2.05, 4.69) is 15.3 Å². The Balaban J connectivity index is 2.88. The predicted octanol–water partition coefficient (Wildman–Crippen LogP) is 1.20. The Morgan fingerprint density at radius 3 is 2.82 bits per heavy atom. The molecule has 0 spiro atoms. The van der Waals surface area contributed by atoms with Gasteiger partial charge in [-0.3, -0.25) is 0 Å². The van der Waals surface area contributed by atoms with E-state index in [1.54, 1.807) is 6.92 Å². The largest absolute Gasteiger partial charge is 0.461 e. The average molecular weight is 277 g/mol. The highest BCUT2D eigenvalue weighted by molar-refractivity contribution is 6.38. The molecule has 0 bridgehead atoms. The maximum atomic E-state index is 11.4. The molecule has 1 aromatic rings. The minimum absolute atomic E-state index is 0.0396. The van der Waals surface area contributed by atoms with Gasteiger partial charge in [0.2, 0.25) is 0 Å². The Morgan fingerprint density at radius 2 is 2.24 bits per heavy atom. The summed E-state index contributed by atoms with van der Waals surface area (Å²) in [4.78, 5) is 11.4. The van der Waals surface area contributed by atoms with Crippen LogP contribution in [0, 0.1) is 0 Å². The number of carbonyl (C=O) groups excluding carboxylic acids is 1. The van der Waals surface area contributed by atoms with Crippen molar-refractivity contribution in [2.24, 2.45) is 10.9 Å². The summed E-state index contributed by atoms with van der Waals surface area (Å²) in [6.07, 6.45) is 0.0867. The van der Waals surface area contributed by atoms with E-state index < -0.39 is 5.97 Å². The van der Waals surface area contributed by atoms with Gasteiger partial charge in [-0.15, -0.1) is 10.2 Å². The van der Waals surface area contributed by atoms with Gasteiger partial charge in [0, 0.05) is 12.0 Å². The highest BCUT2D eigenvalue weighted by Gasteiger charge is 2.16. The van der Waals surface area contributed by atoms with Crippen LogP contribution in [0.15, 0.2) is 11.2 Å². The standard InChI is InChI=1S/C9H10Cl2N4O2/c1-2-17-9(16)6(13-12)3-5-4-7(10)14-15-8(5)11/h4H,2-3,12H2,1H3/b13-6-. The van der Waals surface area contributed by atoms with Crippen molar-refractivity contribution < 1.29 is 9.53 Å². The lowest BCUT2D eigenvalue weighted by Crippen LogP contribution is -2.21. The fourth-order valence-corrected chi connectivity index (χ4v) is 1.41. The maximum absolute atomic E-state index is 11.4. The summed E-state index contributed by atoms with van der Waals surface area (Å²) in [5.74, 6) is 4.52. The van der Waals surface area contributed by atoms with Gasteiger partial charge in [0.1, 0.15) is 5.71 Å². The third kappa shape index (κ3) is 3.83. The number of nitrogens with two attached hydrogens (primary N) is 1. The Morgan fingerprint density at radius 1 is 1.53 bits per heavy atom. The first-order valence-corrected chi connectivity index (χ1v) is 5.45. The van der Waals surface area contributed by atoms with Crippen molar-refractivity contribution in [3.05, 3.63) is 21.9 Å². The van der Waals surface area contributed by atoms with Crippen LogP contribution < -0.4 is 5.84 Å². The van der Waals surface area contributed by atoms with Crippen LogP contribution in [0.3, 0.4) is 0 Å². The van der Waals surface area contributed by atoms with E-state index in [1.165, 1.54) is 6.07 Å². The number of esters is 1. The van der Waals surface area contributed by atoms with Crippen LogP contribution in [-0.2, 0) is 16.0 Å². The second-order valence-electron chi connectivity index (χ2n) is 2.96. The molecular formula is C9H10Cl2N4O2. The SMILES string of the molecule is CCOC(=O)/C(Cc1cc(Cl)nnc1Cl)=N\N. The molecular weight excluding hydrogens is 267 g/mol. The fourth-order valence-electron chi connectivity index (χ4n) is 1.08. The first-order chi connectivity index (χ1) is 8.08. The number of nitrogens with zero attached hydrogens (tertiary/aromatic N) is 3.